The number of carbonyl (C=O) groups excluding carboxylic acids is 1. The lowest BCUT2D eigenvalue weighted by atomic mass is 9.89. The fourth-order valence-corrected chi connectivity index (χ4v) is 5.42. The number of nitrogens with zero attached hydrogens (tertiary/aromatic N) is 1. The first kappa shape index (κ1) is 18.9. The molecule has 1 fully saturated rings. The minimum Gasteiger partial charge on any atom is -0.493 e. The molecule has 1 amide bonds. The lowest BCUT2D eigenvalue weighted by Crippen LogP contribution is -2.44. The molecule has 1 aliphatic heterocycles. The van der Waals surface area contributed by atoms with Gasteiger partial charge in [0.05, 0.1) is 25.7 Å². The summed E-state index contributed by atoms with van der Waals surface area (Å²) < 4.78 is 9.98. The SMILES string of the molecule is COc1cc2c(cc1OC)[C@@H](c1cccs1)N(C(=O)[C@@]1(C)CC1(Cl)Cl)CC2. The van der Waals surface area contributed by atoms with Crippen molar-refractivity contribution in [1.82, 2.24) is 4.90 Å². The Morgan fingerprint density at radius 2 is 1.93 bits per heavy atom. The molecule has 0 N–H and O–H groups in total. The van der Waals surface area contributed by atoms with Gasteiger partial charge in [-0.3, -0.25) is 4.79 Å². The molecule has 0 saturated heterocycles. The zero-order valence-electron chi connectivity index (χ0n) is 15.4. The van der Waals surface area contributed by atoms with E-state index in [4.69, 9.17) is 32.7 Å². The van der Waals surface area contributed by atoms with Gasteiger partial charge in [0.2, 0.25) is 5.91 Å². The molecule has 0 unspecified atom stereocenters. The van der Waals surface area contributed by atoms with Gasteiger partial charge >= 0.3 is 0 Å². The van der Waals surface area contributed by atoms with Crippen LogP contribution in [0, 0.1) is 5.41 Å². The molecule has 1 aromatic heterocycles. The summed E-state index contributed by atoms with van der Waals surface area (Å²) in [6, 6.07) is 7.89. The third-order valence-corrected chi connectivity index (χ3v) is 7.70. The van der Waals surface area contributed by atoms with E-state index < -0.39 is 9.75 Å². The normalized spacial score (nSPS) is 25.7. The van der Waals surface area contributed by atoms with Gasteiger partial charge in [-0.15, -0.1) is 34.5 Å². The summed E-state index contributed by atoms with van der Waals surface area (Å²) in [5, 5.41) is 2.03. The van der Waals surface area contributed by atoms with Crippen LogP contribution in [0.5, 0.6) is 11.5 Å². The fourth-order valence-electron chi connectivity index (χ4n) is 3.87. The maximum Gasteiger partial charge on any atom is 0.232 e. The Kier molecular flexibility index (Phi) is 4.60. The number of benzene rings is 1. The van der Waals surface area contributed by atoms with Crippen LogP contribution in [0.1, 0.15) is 35.4 Å². The summed E-state index contributed by atoms with van der Waals surface area (Å²) >= 11 is 14.2. The van der Waals surface area contributed by atoms with Crippen LogP contribution in [0.15, 0.2) is 29.6 Å². The quantitative estimate of drug-likeness (QED) is 0.658. The summed E-state index contributed by atoms with van der Waals surface area (Å²) in [4.78, 5) is 16.4. The monoisotopic (exact) mass is 425 g/mol. The lowest BCUT2D eigenvalue weighted by Gasteiger charge is -2.39. The highest BCUT2D eigenvalue weighted by atomic mass is 35.5. The summed E-state index contributed by atoms with van der Waals surface area (Å²) in [6.45, 7) is 2.47. The van der Waals surface area contributed by atoms with Crippen molar-refractivity contribution >= 4 is 40.4 Å². The van der Waals surface area contributed by atoms with Crippen molar-refractivity contribution in [2.45, 2.75) is 30.1 Å². The number of ether oxygens (including phenoxy) is 2. The molecule has 2 aliphatic rings. The van der Waals surface area contributed by atoms with Gasteiger partial charge in [0.1, 0.15) is 4.33 Å². The van der Waals surface area contributed by atoms with Crippen LogP contribution in [0.3, 0.4) is 0 Å². The maximum atomic E-state index is 13.4. The maximum absolute atomic E-state index is 13.4. The predicted octanol–water partition coefficient (Wildman–Crippen LogP) is 4.82. The molecule has 1 aliphatic carbocycles. The number of thiophene rings is 1. The first-order valence-electron chi connectivity index (χ1n) is 8.79. The standard InChI is InChI=1S/C20H21Cl2NO3S/c1-19(11-20(19,21)22)18(24)23-7-6-12-9-14(25-2)15(26-3)10-13(12)17(23)16-5-4-8-27-16/h4-5,8-10,17H,6-7,11H2,1-3H3/t17-,19+/m0/s1. The van der Waals surface area contributed by atoms with Crippen molar-refractivity contribution in [3.8, 4) is 11.5 Å². The van der Waals surface area contributed by atoms with Crippen LogP contribution < -0.4 is 9.47 Å². The second-order valence-corrected chi connectivity index (χ2v) is 9.75. The second-order valence-electron chi connectivity index (χ2n) is 7.29. The van der Waals surface area contributed by atoms with E-state index in [1.54, 1.807) is 25.6 Å². The smallest absolute Gasteiger partial charge is 0.232 e. The molecule has 1 saturated carbocycles. The molecule has 2 atom stereocenters. The number of halogens is 2. The summed E-state index contributed by atoms with van der Waals surface area (Å²) in [6.07, 6.45) is 1.23. The van der Waals surface area contributed by atoms with Crippen LogP contribution in [0.25, 0.3) is 0 Å². The van der Waals surface area contributed by atoms with E-state index in [1.807, 2.05) is 35.4 Å². The minimum atomic E-state index is -0.984. The van der Waals surface area contributed by atoms with Gasteiger partial charge < -0.3 is 14.4 Å². The Labute approximate surface area is 173 Å². The number of hydrogen-bond donors (Lipinski definition) is 0. The summed E-state index contributed by atoms with van der Waals surface area (Å²) in [5.41, 5.74) is 1.49. The molecular weight excluding hydrogens is 405 g/mol. The van der Waals surface area contributed by atoms with Crippen molar-refractivity contribution < 1.29 is 14.3 Å². The number of alkyl halides is 2. The fraction of sp³-hybridized carbons (Fsp3) is 0.450. The van der Waals surface area contributed by atoms with Crippen molar-refractivity contribution in [2.75, 3.05) is 20.8 Å². The van der Waals surface area contributed by atoms with Gasteiger partial charge in [0, 0.05) is 11.4 Å². The molecular formula is C20H21Cl2NO3S. The van der Waals surface area contributed by atoms with E-state index in [-0.39, 0.29) is 11.9 Å². The molecule has 1 aromatic carbocycles. The van der Waals surface area contributed by atoms with Crippen LogP contribution in [-0.2, 0) is 11.2 Å². The average Bonchev–Trinajstić information content (AvgIpc) is 3.03. The molecule has 0 radical (unpaired) electrons. The summed E-state index contributed by atoms with van der Waals surface area (Å²) in [5.74, 6) is 1.37. The topological polar surface area (TPSA) is 38.8 Å². The molecule has 4 nitrogen and oxygen atoms in total. The van der Waals surface area contributed by atoms with E-state index in [0.717, 1.165) is 16.9 Å². The zero-order chi connectivity index (χ0) is 19.4. The second kappa shape index (κ2) is 6.57. The molecule has 0 spiro atoms. The number of methoxy groups -OCH3 is 2. The van der Waals surface area contributed by atoms with Crippen molar-refractivity contribution in [1.29, 1.82) is 0 Å². The molecule has 4 rings (SSSR count). The van der Waals surface area contributed by atoms with E-state index >= 15 is 0 Å². The molecule has 2 aromatic rings. The largest absolute Gasteiger partial charge is 0.493 e. The van der Waals surface area contributed by atoms with Crippen LogP contribution in [-0.4, -0.2) is 35.9 Å². The Hall–Kier alpha value is -1.43. The highest BCUT2D eigenvalue weighted by Crippen LogP contribution is 2.65. The molecule has 7 heteroatoms. The van der Waals surface area contributed by atoms with Crippen molar-refractivity contribution in [3.63, 3.8) is 0 Å². The van der Waals surface area contributed by atoms with Gasteiger partial charge in [-0.2, -0.15) is 0 Å². The highest BCUT2D eigenvalue weighted by Gasteiger charge is 2.69. The molecule has 2 heterocycles. The Balaban J connectivity index is 1.81. The first-order valence-corrected chi connectivity index (χ1v) is 10.4. The van der Waals surface area contributed by atoms with E-state index in [2.05, 4.69) is 6.07 Å². The summed E-state index contributed by atoms with van der Waals surface area (Å²) in [7, 11) is 3.25. The number of carbonyl (C=O) groups is 1. The van der Waals surface area contributed by atoms with Crippen LogP contribution in [0.4, 0.5) is 0 Å². The molecule has 0 bridgehead atoms. The number of fused-ring (bicyclic) bond motifs is 1. The van der Waals surface area contributed by atoms with Crippen molar-refractivity contribution in [2.24, 2.45) is 5.41 Å². The first-order chi connectivity index (χ1) is 12.8. The molecule has 27 heavy (non-hydrogen) atoms. The Morgan fingerprint density at radius 3 is 2.48 bits per heavy atom. The third-order valence-electron chi connectivity index (χ3n) is 5.68. The predicted molar refractivity (Wildman–Crippen MR) is 108 cm³/mol. The van der Waals surface area contributed by atoms with Crippen LogP contribution in [0.2, 0.25) is 0 Å². The Morgan fingerprint density at radius 1 is 1.26 bits per heavy atom. The van der Waals surface area contributed by atoms with E-state index in [9.17, 15) is 4.79 Å². The van der Waals surface area contributed by atoms with Gasteiger partial charge in [0.25, 0.3) is 0 Å². The zero-order valence-corrected chi connectivity index (χ0v) is 17.7. The highest BCUT2D eigenvalue weighted by molar-refractivity contribution is 7.10. The van der Waals surface area contributed by atoms with Crippen LogP contribution >= 0.6 is 34.5 Å². The third kappa shape index (κ3) is 2.91. The van der Waals surface area contributed by atoms with Gasteiger partial charge in [-0.1, -0.05) is 6.07 Å². The number of amides is 1. The van der Waals surface area contributed by atoms with E-state index in [1.165, 1.54) is 5.56 Å². The average molecular weight is 426 g/mol. The van der Waals surface area contributed by atoms with Gasteiger partial charge in [-0.25, -0.2) is 0 Å². The lowest BCUT2D eigenvalue weighted by molar-refractivity contribution is -0.138. The Bertz CT molecular complexity index is 884. The van der Waals surface area contributed by atoms with E-state index in [0.29, 0.717) is 24.5 Å². The number of hydrogen-bond acceptors (Lipinski definition) is 4. The van der Waals surface area contributed by atoms with Gasteiger partial charge in [0.15, 0.2) is 11.5 Å². The molecule has 144 valence electrons. The minimum absolute atomic E-state index is 0.00587. The number of rotatable bonds is 4. The van der Waals surface area contributed by atoms with Gasteiger partial charge in [-0.05, 0) is 54.5 Å². The van der Waals surface area contributed by atoms with Crippen molar-refractivity contribution in [3.05, 3.63) is 45.6 Å².